The van der Waals surface area contributed by atoms with Gasteiger partial charge >= 0.3 is 0 Å². The Morgan fingerprint density at radius 2 is 2.38 bits per heavy atom. The Balaban J connectivity index is 2.12. The number of aldehydes is 1. The Labute approximate surface area is 84.2 Å². The van der Waals surface area contributed by atoms with Crippen molar-refractivity contribution in [3.05, 3.63) is 22.6 Å². The lowest BCUT2D eigenvalue weighted by Gasteiger charge is -2.07. The highest BCUT2D eigenvalue weighted by Gasteiger charge is 2.29. The van der Waals surface area contributed by atoms with Crippen molar-refractivity contribution < 1.29 is 13.9 Å². The maximum absolute atomic E-state index is 10.4. The van der Waals surface area contributed by atoms with Gasteiger partial charge in [-0.1, -0.05) is 0 Å². The molecule has 4 heteroatoms. The van der Waals surface area contributed by atoms with E-state index in [9.17, 15) is 4.79 Å². The average Bonchev–Trinajstić information content (AvgIpc) is 2.71. The third kappa shape index (κ3) is 1.69. The van der Waals surface area contributed by atoms with Crippen LogP contribution in [0.4, 0.5) is 0 Å². The molecule has 0 aliphatic carbocycles. The van der Waals surface area contributed by atoms with Crippen LogP contribution >= 0.6 is 15.9 Å². The Kier molecular flexibility index (Phi) is 2.51. The van der Waals surface area contributed by atoms with Gasteiger partial charge in [0.15, 0.2) is 0 Å². The third-order valence-electron chi connectivity index (χ3n) is 2.14. The molecular weight excluding hydrogens is 236 g/mol. The van der Waals surface area contributed by atoms with Gasteiger partial charge in [-0.3, -0.25) is 0 Å². The van der Waals surface area contributed by atoms with E-state index in [0.29, 0.717) is 0 Å². The molecular formula is C9H9BrO3. The van der Waals surface area contributed by atoms with E-state index in [1.165, 1.54) is 0 Å². The lowest BCUT2D eigenvalue weighted by Crippen LogP contribution is -2.06. The zero-order chi connectivity index (χ0) is 9.26. The average molecular weight is 245 g/mol. The molecule has 1 aliphatic heterocycles. The molecule has 0 aromatic carbocycles. The second kappa shape index (κ2) is 3.64. The van der Waals surface area contributed by atoms with E-state index in [2.05, 4.69) is 15.9 Å². The molecule has 0 radical (unpaired) electrons. The number of hydrogen-bond acceptors (Lipinski definition) is 3. The summed E-state index contributed by atoms with van der Waals surface area (Å²) >= 11 is 3.36. The molecule has 2 atom stereocenters. The molecule has 0 amide bonds. The van der Waals surface area contributed by atoms with Crippen LogP contribution < -0.4 is 0 Å². The molecule has 13 heavy (non-hydrogen) atoms. The molecule has 1 aromatic rings. The second-order valence-electron chi connectivity index (χ2n) is 3.01. The minimum absolute atomic E-state index is 0.0698. The predicted molar refractivity (Wildman–Crippen MR) is 49.3 cm³/mol. The SMILES string of the molecule is O=CC1CCC(c2occc2Br)O1. The van der Waals surface area contributed by atoms with Crippen LogP contribution in [-0.2, 0) is 9.53 Å². The van der Waals surface area contributed by atoms with Crippen LogP contribution in [0.3, 0.4) is 0 Å². The highest BCUT2D eigenvalue weighted by molar-refractivity contribution is 9.10. The molecule has 0 saturated carbocycles. The van der Waals surface area contributed by atoms with Gasteiger partial charge in [0.1, 0.15) is 24.3 Å². The van der Waals surface area contributed by atoms with Crippen molar-refractivity contribution in [3.8, 4) is 0 Å². The standard InChI is InChI=1S/C9H9BrO3/c10-7-3-4-12-9(7)8-2-1-6(5-11)13-8/h3-6,8H,1-2H2. The van der Waals surface area contributed by atoms with E-state index in [0.717, 1.165) is 29.4 Å². The van der Waals surface area contributed by atoms with E-state index < -0.39 is 0 Å². The summed E-state index contributed by atoms with van der Waals surface area (Å²) in [6.45, 7) is 0. The van der Waals surface area contributed by atoms with Crippen LogP contribution in [0.1, 0.15) is 24.7 Å². The molecule has 2 unspecified atom stereocenters. The lowest BCUT2D eigenvalue weighted by molar-refractivity contribution is -0.117. The van der Waals surface area contributed by atoms with Crippen molar-refractivity contribution >= 4 is 22.2 Å². The minimum Gasteiger partial charge on any atom is -0.465 e. The first-order valence-electron chi connectivity index (χ1n) is 4.15. The van der Waals surface area contributed by atoms with Crippen molar-refractivity contribution in [2.75, 3.05) is 0 Å². The second-order valence-corrected chi connectivity index (χ2v) is 3.86. The van der Waals surface area contributed by atoms with Crippen LogP contribution in [0.5, 0.6) is 0 Å². The molecule has 1 aromatic heterocycles. The summed E-state index contributed by atoms with van der Waals surface area (Å²) in [6, 6.07) is 1.83. The van der Waals surface area contributed by atoms with Gasteiger partial charge in [0.2, 0.25) is 0 Å². The molecule has 2 heterocycles. The van der Waals surface area contributed by atoms with Crippen molar-refractivity contribution in [3.63, 3.8) is 0 Å². The smallest absolute Gasteiger partial charge is 0.148 e. The first-order valence-corrected chi connectivity index (χ1v) is 4.94. The van der Waals surface area contributed by atoms with E-state index in [-0.39, 0.29) is 12.2 Å². The topological polar surface area (TPSA) is 39.4 Å². The first kappa shape index (κ1) is 8.97. The normalized spacial score (nSPS) is 27.8. The maximum atomic E-state index is 10.4. The van der Waals surface area contributed by atoms with Crippen molar-refractivity contribution in [2.24, 2.45) is 0 Å². The van der Waals surface area contributed by atoms with Crippen molar-refractivity contribution in [2.45, 2.75) is 25.0 Å². The fourth-order valence-electron chi connectivity index (χ4n) is 1.49. The van der Waals surface area contributed by atoms with Gasteiger partial charge in [-0.15, -0.1) is 0 Å². The molecule has 1 fully saturated rings. The summed E-state index contributed by atoms with van der Waals surface area (Å²) in [5.74, 6) is 0.782. The molecule has 2 rings (SSSR count). The van der Waals surface area contributed by atoms with E-state index in [1.54, 1.807) is 6.26 Å². The number of ether oxygens (including phenoxy) is 1. The third-order valence-corrected chi connectivity index (χ3v) is 2.80. The van der Waals surface area contributed by atoms with E-state index >= 15 is 0 Å². The summed E-state index contributed by atoms with van der Waals surface area (Å²) in [6.07, 6.45) is 3.74. The monoisotopic (exact) mass is 244 g/mol. The van der Waals surface area contributed by atoms with Crippen molar-refractivity contribution in [1.29, 1.82) is 0 Å². The molecule has 3 nitrogen and oxygen atoms in total. The summed E-state index contributed by atoms with van der Waals surface area (Å²) in [4.78, 5) is 10.4. The van der Waals surface area contributed by atoms with Crippen LogP contribution in [0.2, 0.25) is 0 Å². The van der Waals surface area contributed by atoms with Gasteiger partial charge in [-0.05, 0) is 34.8 Å². The Morgan fingerprint density at radius 1 is 1.54 bits per heavy atom. The fraction of sp³-hybridized carbons (Fsp3) is 0.444. The largest absolute Gasteiger partial charge is 0.465 e. The van der Waals surface area contributed by atoms with Crippen LogP contribution in [-0.4, -0.2) is 12.4 Å². The van der Waals surface area contributed by atoms with Crippen LogP contribution in [0.25, 0.3) is 0 Å². The first-order chi connectivity index (χ1) is 6.31. The Bertz CT molecular complexity index is 308. The molecule has 0 N–H and O–H groups in total. The summed E-state index contributed by atoms with van der Waals surface area (Å²) < 4.78 is 11.6. The quantitative estimate of drug-likeness (QED) is 0.751. The lowest BCUT2D eigenvalue weighted by atomic mass is 10.2. The maximum Gasteiger partial charge on any atom is 0.148 e. The van der Waals surface area contributed by atoms with Gasteiger partial charge in [0.05, 0.1) is 10.7 Å². The number of carbonyl (C=O) groups is 1. The molecule has 0 bridgehead atoms. The van der Waals surface area contributed by atoms with Crippen LogP contribution in [0.15, 0.2) is 21.2 Å². The van der Waals surface area contributed by atoms with Crippen molar-refractivity contribution in [1.82, 2.24) is 0 Å². The van der Waals surface area contributed by atoms with Gasteiger partial charge < -0.3 is 13.9 Å². The molecule has 0 spiro atoms. The summed E-state index contributed by atoms with van der Waals surface area (Å²) in [7, 11) is 0. The summed E-state index contributed by atoms with van der Waals surface area (Å²) in [5.41, 5.74) is 0. The number of hydrogen-bond donors (Lipinski definition) is 0. The Morgan fingerprint density at radius 3 is 2.92 bits per heavy atom. The van der Waals surface area contributed by atoms with Gasteiger partial charge in [0, 0.05) is 0 Å². The number of rotatable bonds is 2. The number of furan rings is 1. The fourth-order valence-corrected chi connectivity index (χ4v) is 1.95. The van der Waals surface area contributed by atoms with Gasteiger partial charge in [-0.2, -0.15) is 0 Å². The molecule has 1 saturated heterocycles. The Hall–Kier alpha value is -0.610. The molecule has 1 aliphatic rings. The highest BCUT2D eigenvalue weighted by Crippen LogP contribution is 2.36. The zero-order valence-corrected chi connectivity index (χ0v) is 8.49. The number of halogens is 1. The highest BCUT2D eigenvalue weighted by atomic mass is 79.9. The van der Waals surface area contributed by atoms with E-state index in [1.807, 2.05) is 6.07 Å². The molecule has 70 valence electrons. The summed E-state index contributed by atoms with van der Waals surface area (Å²) in [5, 5.41) is 0. The minimum atomic E-state index is -0.262. The van der Waals surface area contributed by atoms with Gasteiger partial charge in [-0.25, -0.2) is 0 Å². The van der Waals surface area contributed by atoms with Crippen LogP contribution in [0, 0.1) is 0 Å². The van der Waals surface area contributed by atoms with E-state index in [4.69, 9.17) is 9.15 Å². The zero-order valence-electron chi connectivity index (χ0n) is 6.90. The predicted octanol–water partition coefficient (Wildman–Crippen LogP) is 2.46. The van der Waals surface area contributed by atoms with Gasteiger partial charge in [0.25, 0.3) is 0 Å². The number of carbonyl (C=O) groups excluding carboxylic acids is 1.